The highest BCUT2D eigenvalue weighted by Crippen LogP contribution is 2.39. The van der Waals surface area contributed by atoms with Crippen LogP contribution in [0.3, 0.4) is 0 Å². The predicted molar refractivity (Wildman–Crippen MR) is 45.3 cm³/mol. The standard InChI is InChI=1S/C10H16O2/c1-7-5-4-6-10(2,3)8(7)9(11)12/h4-6H2,1-3H3,(H,11,12)/p-1. The van der Waals surface area contributed by atoms with Crippen molar-refractivity contribution in [3.05, 3.63) is 11.1 Å². The van der Waals surface area contributed by atoms with E-state index in [-0.39, 0.29) is 5.41 Å². The lowest BCUT2D eigenvalue weighted by atomic mass is 9.73. The molecule has 0 heterocycles. The summed E-state index contributed by atoms with van der Waals surface area (Å²) in [6.45, 7) is 5.84. The predicted octanol–water partition coefficient (Wildman–Crippen LogP) is 1.26. The van der Waals surface area contributed by atoms with Gasteiger partial charge in [-0.05, 0) is 37.2 Å². The number of carbonyl (C=O) groups is 1. The van der Waals surface area contributed by atoms with Crippen LogP contribution in [-0.4, -0.2) is 5.97 Å². The number of rotatable bonds is 1. The Kier molecular flexibility index (Phi) is 2.27. The monoisotopic (exact) mass is 167 g/mol. The van der Waals surface area contributed by atoms with Crippen molar-refractivity contribution in [2.45, 2.75) is 40.0 Å². The number of hydrogen-bond donors (Lipinski definition) is 0. The molecule has 0 aliphatic heterocycles. The van der Waals surface area contributed by atoms with Crippen LogP contribution >= 0.6 is 0 Å². The molecule has 0 atom stereocenters. The maximum absolute atomic E-state index is 10.8. The highest BCUT2D eigenvalue weighted by atomic mass is 16.4. The van der Waals surface area contributed by atoms with Gasteiger partial charge >= 0.3 is 0 Å². The summed E-state index contributed by atoms with van der Waals surface area (Å²) in [5.74, 6) is -0.989. The van der Waals surface area contributed by atoms with E-state index in [0.717, 1.165) is 24.8 Å². The van der Waals surface area contributed by atoms with Crippen molar-refractivity contribution in [3.63, 3.8) is 0 Å². The second-order valence-corrected chi connectivity index (χ2v) is 4.18. The van der Waals surface area contributed by atoms with Crippen LogP contribution < -0.4 is 5.11 Å². The van der Waals surface area contributed by atoms with Crippen LogP contribution in [0.4, 0.5) is 0 Å². The van der Waals surface area contributed by atoms with Crippen molar-refractivity contribution in [1.29, 1.82) is 0 Å². The van der Waals surface area contributed by atoms with E-state index in [1.807, 2.05) is 20.8 Å². The van der Waals surface area contributed by atoms with Crippen LogP contribution in [0.25, 0.3) is 0 Å². The van der Waals surface area contributed by atoms with Gasteiger partial charge in [-0.15, -0.1) is 0 Å². The van der Waals surface area contributed by atoms with Gasteiger partial charge in [0.1, 0.15) is 0 Å². The summed E-state index contributed by atoms with van der Waals surface area (Å²) in [7, 11) is 0. The Morgan fingerprint density at radius 2 is 2.08 bits per heavy atom. The fourth-order valence-electron chi connectivity index (χ4n) is 2.07. The summed E-state index contributed by atoms with van der Waals surface area (Å²) in [4.78, 5) is 10.8. The molecular formula is C10H15O2-. The van der Waals surface area contributed by atoms with E-state index < -0.39 is 5.97 Å². The first-order valence-electron chi connectivity index (χ1n) is 4.37. The topological polar surface area (TPSA) is 40.1 Å². The van der Waals surface area contributed by atoms with Gasteiger partial charge in [-0.3, -0.25) is 0 Å². The molecule has 2 heteroatoms. The molecule has 0 fully saturated rings. The van der Waals surface area contributed by atoms with Gasteiger partial charge in [-0.2, -0.15) is 0 Å². The molecule has 0 aromatic rings. The number of hydrogen-bond acceptors (Lipinski definition) is 2. The summed E-state index contributed by atoms with van der Waals surface area (Å²) >= 11 is 0. The van der Waals surface area contributed by atoms with E-state index >= 15 is 0 Å². The largest absolute Gasteiger partial charge is 0.545 e. The number of allylic oxidation sites excluding steroid dienone is 1. The van der Waals surface area contributed by atoms with Crippen LogP contribution in [0.1, 0.15) is 40.0 Å². The molecule has 0 unspecified atom stereocenters. The van der Waals surface area contributed by atoms with Crippen molar-refractivity contribution in [2.75, 3.05) is 0 Å². The fraction of sp³-hybridized carbons (Fsp3) is 0.700. The number of carbonyl (C=O) groups excluding carboxylic acids is 1. The van der Waals surface area contributed by atoms with E-state index in [1.165, 1.54) is 0 Å². The zero-order chi connectivity index (χ0) is 9.35. The molecule has 1 aliphatic rings. The lowest BCUT2D eigenvalue weighted by Crippen LogP contribution is -2.35. The van der Waals surface area contributed by atoms with Crippen molar-refractivity contribution >= 4 is 5.97 Å². The molecule has 0 saturated heterocycles. The van der Waals surface area contributed by atoms with Crippen molar-refractivity contribution in [1.82, 2.24) is 0 Å². The summed E-state index contributed by atoms with van der Waals surface area (Å²) < 4.78 is 0. The summed E-state index contributed by atoms with van der Waals surface area (Å²) in [5.41, 5.74) is 1.32. The smallest absolute Gasteiger partial charge is 0.0679 e. The molecule has 0 aromatic carbocycles. The summed E-state index contributed by atoms with van der Waals surface area (Å²) in [5, 5.41) is 10.8. The molecular weight excluding hydrogens is 152 g/mol. The SMILES string of the molecule is CC1=C(C(=O)[O-])C(C)(C)CCC1. The first-order valence-corrected chi connectivity index (χ1v) is 4.37. The molecule has 12 heavy (non-hydrogen) atoms. The maximum Gasteiger partial charge on any atom is 0.0679 e. The highest BCUT2D eigenvalue weighted by molar-refractivity contribution is 5.87. The molecule has 0 bridgehead atoms. The lowest BCUT2D eigenvalue weighted by molar-refractivity contribution is -0.300. The third-order valence-corrected chi connectivity index (χ3v) is 2.66. The average molecular weight is 167 g/mol. The van der Waals surface area contributed by atoms with Gasteiger partial charge in [0, 0.05) is 0 Å². The first-order chi connectivity index (χ1) is 5.45. The Morgan fingerprint density at radius 1 is 1.50 bits per heavy atom. The zero-order valence-corrected chi connectivity index (χ0v) is 7.94. The van der Waals surface area contributed by atoms with Crippen LogP contribution in [0, 0.1) is 5.41 Å². The number of carboxylic acid groups (broad SMARTS) is 1. The van der Waals surface area contributed by atoms with Crippen LogP contribution in [-0.2, 0) is 4.79 Å². The van der Waals surface area contributed by atoms with E-state index in [1.54, 1.807) is 0 Å². The Morgan fingerprint density at radius 3 is 2.42 bits per heavy atom. The third-order valence-electron chi connectivity index (χ3n) is 2.66. The van der Waals surface area contributed by atoms with Gasteiger partial charge in [-0.25, -0.2) is 0 Å². The maximum atomic E-state index is 10.8. The van der Waals surface area contributed by atoms with Crippen molar-refractivity contribution in [2.24, 2.45) is 5.41 Å². The van der Waals surface area contributed by atoms with Gasteiger partial charge < -0.3 is 9.90 Å². The molecule has 68 valence electrons. The molecule has 0 amide bonds. The minimum atomic E-state index is -0.989. The van der Waals surface area contributed by atoms with Gasteiger partial charge in [-0.1, -0.05) is 19.4 Å². The second-order valence-electron chi connectivity index (χ2n) is 4.18. The number of carboxylic acids is 1. The van der Waals surface area contributed by atoms with Crippen molar-refractivity contribution in [3.8, 4) is 0 Å². The molecule has 0 N–H and O–H groups in total. The molecule has 0 spiro atoms. The normalized spacial score (nSPS) is 22.6. The third kappa shape index (κ3) is 1.52. The Hall–Kier alpha value is -0.790. The van der Waals surface area contributed by atoms with E-state index in [0.29, 0.717) is 5.57 Å². The van der Waals surface area contributed by atoms with Crippen LogP contribution in [0.5, 0.6) is 0 Å². The zero-order valence-electron chi connectivity index (χ0n) is 7.94. The summed E-state index contributed by atoms with van der Waals surface area (Å²) in [6.07, 6.45) is 2.95. The van der Waals surface area contributed by atoms with Gasteiger partial charge in [0.05, 0.1) is 5.97 Å². The molecule has 0 aromatic heterocycles. The van der Waals surface area contributed by atoms with Crippen LogP contribution in [0.2, 0.25) is 0 Å². The Bertz CT molecular complexity index is 236. The minimum absolute atomic E-state index is 0.193. The molecule has 0 radical (unpaired) electrons. The molecule has 1 aliphatic carbocycles. The quantitative estimate of drug-likeness (QED) is 0.590. The van der Waals surface area contributed by atoms with Crippen LogP contribution in [0.15, 0.2) is 11.1 Å². The van der Waals surface area contributed by atoms with Gasteiger partial charge in [0.2, 0.25) is 0 Å². The Labute approximate surface area is 73.3 Å². The first kappa shape index (κ1) is 9.30. The molecule has 2 nitrogen and oxygen atoms in total. The van der Waals surface area contributed by atoms with E-state index in [4.69, 9.17) is 0 Å². The molecule has 1 rings (SSSR count). The second kappa shape index (κ2) is 2.92. The summed E-state index contributed by atoms with van der Waals surface area (Å²) in [6, 6.07) is 0. The Balaban J connectivity index is 3.09. The van der Waals surface area contributed by atoms with E-state index in [9.17, 15) is 9.90 Å². The van der Waals surface area contributed by atoms with Crippen molar-refractivity contribution < 1.29 is 9.90 Å². The average Bonchev–Trinajstić information content (AvgIpc) is 1.82. The number of aliphatic carboxylic acids is 1. The van der Waals surface area contributed by atoms with Gasteiger partial charge in [0.15, 0.2) is 0 Å². The minimum Gasteiger partial charge on any atom is -0.545 e. The highest BCUT2D eigenvalue weighted by Gasteiger charge is 2.28. The lowest BCUT2D eigenvalue weighted by Gasteiger charge is -2.34. The fourth-order valence-corrected chi connectivity index (χ4v) is 2.07. The molecule has 0 saturated carbocycles. The van der Waals surface area contributed by atoms with E-state index in [2.05, 4.69) is 0 Å². The van der Waals surface area contributed by atoms with Gasteiger partial charge in [0.25, 0.3) is 0 Å².